The Balaban J connectivity index is 2.12. The summed E-state index contributed by atoms with van der Waals surface area (Å²) in [6.07, 6.45) is 6.75. The first-order chi connectivity index (χ1) is 10.1. The maximum absolute atomic E-state index is 11.5. The number of aryl methyl sites for hydroxylation is 1. The van der Waals surface area contributed by atoms with E-state index in [1.165, 1.54) is 25.1 Å². The molecule has 4 nitrogen and oxygen atoms in total. The topological polar surface area (TPSA) is 37.9 Å². The third-order valence-electron chi connectivity index (χ3n) is 3.80. The van der Waals surface area contributed by atoms with E-state index in [1.807, 2.05) is 12.1 Å². The van der Waals surface area contributed by atoms with Crippen LogP contribution in [0, 0.1) is 0 Å². The lowest BCUT2D eigenvalue weighted by molar-refractivity contribution is -0.702. The van der Waals surface area contributed by atoms with Crippen molar-refractivity contribution < 1.29 is 9.36 Å². The van der Waals surface area contributed by atoms with Crippen LogP contribution in [0.3, 0.4) is 0 Å². The lowest BCUT2D eigenvalue weighted by Crippen LogP contribution is -2.35. The van der Waals surface area contributed by atoms with Gasteiger partial charge >= 0.3 is 0 Å². The summed E-state index contributed by atoms with van der Waals surface area (Å²) in [5, 5.41) is 2.96. The number of hydrogen-bond donors (Lipinski definition) is 1. The molecule has 0 fully saturated rings. The second kappa shape index (κ2) is 6.02. The molecule has 110 valence electrons. The number of amides is 1. The summed E-state index contributed by atoms with van der Waals surface area (Å²) in [5.74, 6) is 2.07. The number of carbonyl (C=O) groups is 1. The molecule has 0 saturated carbocycles. The van der Waals surface area contributed by atoms with Crippen molar-refractivity contribution in [2.24, 2.45) is 0 Å². The lowest BCUT2D eigenvalue weighted by Gasteiger charge is -2.05. The van der Waals surface area contributed by atoms with Crippen LogP contribution in [0.4, 0.5) is 5.82 Å². The quantitative estimate of drug-likeness (QED) is 0.831. The molecule has 0 spiro atoms. The predicted octanol–water partition coefficient (Wildman–Crippen LogP) is 3.21. The van der Waals surface area contributed by atoms with Crippen LogP contribution in [0.1, 0.15) is 32.0 Å². The van der Waals surface area contributed by atoms with E-state index in [2.05, 4.69) is 48.7 Å². The summed E-state index contributed by atoms with van der Waals surface area (Å²) in [5.41, 5.74) is 1.08. The van der Waals surface area contributed by atoms with Crippen molar-refractivity contribution >= 4 is 27.7 Å². The van der Waals surface area contributed by atoms with Gasteiger partial charge in [-0.05, 0) is 43.5 Å². The van der Waals surface area contributed by atoms with Crippen molar-refractivity contribution in [2.75, 3.05) is 5.32 Å². The summed E-state index contributed by atoms with van der Waals surface area (Å²) < 4.78 is 5.50. The number of aromatic nitrogens is 2. The molecule has 0 atom stereocenters. The average Bonchev–Trinajstić information content (AvgIpc) is 2.62. The number of carbonyl (C=O) groups excluding carboxylic acids is 1. The lowest BCUT2D eigenvalue weighted by atomic mass is 10.2. The first-order valence-corrected chi connectivity index (χ1v) is 8.12. The van der Waals surface area contributed by atoms with E-state index in [1.54, 1.807) is 6.92 Å². The summed E-state index contributed by atoms with van der Waals surface area (Å²) >= 11 is 3.47. The maximum atomic E-state index is 11.5. The van der Waals surface area contributed by atoms with Crippen LogP contribution in [-0.4, -0.2) is 10.5 Å². The van der Waals surface area contributed by atoms with Gasteiger partial charge in [-0.25, -0.2) is 4.57 Å². The normalized spacial score (nSPS) is 14.4. The number of halogens is 1. The smallest absolute Gasteiger partial charge is 0.263 e. The largest absolute Gasteiger partial charge is 0.290 e. The summed E-state index contributed by atoms with van der Waals surface area (Å²) in [4.78, 5) is 11.5. The molecular weight excluding hydrogens is 330 g/mol. The summed E-state index contributed by atoms with van der Waals surface area (Å²) in [7, 11) is 0. The van der Waals surface area contributed by atoms with Crippen molar-refractivity contribution in [2.45, 2.75) is 39.2 Å². The Labute approximate surface area is 132 Å². The van der Waals surface area contributed by atoms with E-state index in [0.717, 1.165) is 28.9 Å². The maximum Gasteiger partial charge on any atom is 0.263 e. The molecule has 2 heterocycles. The van der Waals surface area contributed by atoms with E-state index in [9.17, 15) is 4.79 Å². The van der Waals surface area contributed by atoms with Gasteiger partial charge in [-0.2, -0.15) is 4.57 Å². The van der Waals surface area contributed by atoms with Crippen molar-refractivity contribution in [1.29, 1.82) is 0 Å². The van der Waals surface area contributed by atoms with Crippen molar-refractivity contribution in [3.8, 4) is 5.69 Å². The van der Waals surface area contributed by atoms with Gasteiger partial charge in [0.2, 0.25) is 11.7 Å². The molecular formula is C16H19BrN3O+. The molecule has 2 aromatic rings. The minimum Gasteiger partial charge on any atom is -0.290 e. The predicted molar refractivity (Wildman–Crippen MR) is 85.5 cm³/mol. The molecule has 21 heavy (non-hydrogen) atoms. The van der Waals surface area contributed by atoms with E-state index in [4.69, 9.17) is 0 Å². The number of nitrogens with one attached hydrogen (secondary N) is 1. The van der Waals surface area contributed by atoms with Crippen LogP contribution >= 0.6 is 15.9 Å². The Morgan fingerprint density at radius 2 is 2.00 bits per heavy atom. The number of nitrogens with zero attached hydrogens (tertiary/aromatic N) is 2. The van der Waals surface area contributed by atoms with Crippen LogP contribution in [0.15, 0.2) is 34.9 Å². The molecule has 0 aliphatic carbocycles. The Kier molecular flexibility index (Phi) is 4.10. The zero-order valence-electron chi connectivity index (χ0n) is 12.1. The van der Waals surface area contributed by atoms with E-state index in [0.29, 0.717) is 0 Å². The molecule has 1 aromatic carbocycles. The zero-order chi connectivity index (χ0) is 14.8. The number of hydrogen-bond acceptors (Lipinski definition) is 1. The Bertz CT molecular complexity index is 661. The van der Waals surface area contributed by atoms with Crippen molar-refractivity contribution in [3.05, 3.63) is 40.8 Å². The molecule has 1 amide bonds. The van der Waals surface area contributed by atoms with Gasteiger partial charge in [0.15, 0.2) is 6.20 Å². The average molecular weight is 349 g/mol. The standard InChI is InChI=1S/C16H18BrN3O/c1-12(21)18-15-11-19-10-4-2-3-5-16(19)20(15)14-8-6-13(17)7-9-14/h6-9,11H,2-5,10H2,1H3/p+1. The van der Waals surface area contributed by atoms with Gasteiger partial charge in [0.05, 0.1) is 6.54 Å². The van der Waals surface area contributed by atoms with Gasteiger partial charge < -0.3 is 0 Å². The SMILES string of the molecule is CC(=O)Nc1c[n+]2c(n1-c1ccc(Br)cc1)CCCCC2. The van der Waals surface area contributed by atoms with Gasteiger partial charge in [-0.3, -0.25) is 10.1 Å². The Morgan fingerprint density at radius 1 is 1.24 bits per heavy atom. The second-order valence-corrected chi connectivity index (χ2v) is 6.34. The van der Waals surface area contributed by atoms with Crippen LogP contribution in [0.5, 0.6) is 0 Å². The Hall–Kier alpha value is -1.62. The van der Waals surface area contributed by atoms with Crippen molar-refractivity contribution in [3.63, 3.8) is 0 Å². The second-order valence-electron chi connectivity index (χ2n) is 5.43. The Morgan fingerprint density at radius 3 is 2.71 bits per heavy atom. The molecule has 1 N–H and O–H groups in total. The first-order valence-electron chi connectivity index (χ1n) is 7.33. The zero-order valence-corrected chi connectivity index (χ0v) is 13.7. The summed E-state index contributed by atoms with van der Waals surface area (Å²) in [6, 6.07) is 8.20. The third kappa shape index (κ3) is 3.02. The number of anilines is 1. The number of rotatable bonds is 2. The molecule has 3 rings (SSSR count). The van der Waals surface area contributed by atoms with Crippen LogP contribution in [0.25, 0.3) is 5.69 Å². The van der Waals surface area contributed by atoms with Gasteiger partial charge in [-0.15, -0.1) is 0 Å². The summed E-state index contributed by atoms with van der Waals surface area (Å²) in [6.45, 7) is 2.57. The first kappa shape index (κ1) is 14.3. The molecule has 1 aliphatic rings. The molecule has 0 bridgehead atoms. The van der Waals surface area contributed by atoms with Gasteiger partial charge in [0.25, 0.3) is 5.82 Å². The third-order valence-corrected chi connectivity index (χ3v) is 4.33. The highest BCUT2D eigenvalue weighted by Crippen LogP contribution is 2.23. The van der Waals surface area contributed by atoms with Gasteiger partial charge in [0, 0.05) is 17.8 Å². The highest BCUT2D eigenvalue weighted by Gasteiger charge is 2.26. The van der Waals surface area contributed by atoms with Crippen LogP contribution in [0.2, 0.25) is 0 Å². The highest BCUT2D eigenvalue weighted by atomic mass is 79.9. The van der Waals surface area contributed by atoms with E-state index < -0.39 is 0 Å². The fraction of sp³-hybridized carbons (Fsp3) is 0.375. The molecule has 5 heteroatoms. The fourth-order valence-electron chi connectivity index (χ4n) is 2.89. The van der Waals surface area contributed by atoms with Gasteiger partial charge in [0.1, 0.15) is 5.69 Å². The molecule has 0 unspecified atom stereocenters. The molecule has 0 radical (unpaired) electrons. The highest BCUT2D eigenvalue weighted by molar-refractivity contribution is 9.10. The number of benzene rings is 1. The fourth-order valence-corrected chi connectivity index (χ4v) is 3.15. The van der Waals surface area contributed by atoms with Crippen LogP contribution < -0.4 is 9.88 Å². The van der Waals surface area contributed by atoms with Crippen LogP contribution in [-0.2, 0) is 17.8 Å². The number of imidazole rings is 1. The monoisotopic (exact) mass is 348 g/mol. The minimum absolute atomic E-state index is 0.0402. The van der Waals surface area contributed by atoms with Crippen molar-refractivity contribution in [1.82, 2.24) is 4.57 Å². The van der Waals surface area contributed by atoms with E-state index in [-0.39, 0.29) is 5.91 Å². The minimum atomic E-state index is -0.0402. The van der Waals surface area contributed by atoms with E-state index >= 15 is 0 Å². The van der Waals surface area contributed by atoms with Gasteiger partial charge in [-0.1, -0.05) is 15.9 Å². The molecule has 1 aliphatic heterocycles. The number of fused-ring (bicyclic) bond motifs is 1. The molecule has 0 saturated heterocycles. The molecule has 1 aromatic heterocycles.